The van der Waals surface area contributed by atoms with Crippen molar-refractivity contribution in [2.24, 2.45) is 0 Å². The van der Waals surface area contributed by atoms with Gasteiger partial charge in [0.05, 0.1) is 6.54 Å². The van der Waals surface area contributed by atoms with E-state index in [0.717, 1.165) is 15.1 Å². The van der Waals surface area contributed by atoms with Crippen molar-refractivity contribution in [2.45, 2.75) is 32.9 Å². The fraction of sp³-hybridized carbons (Fsp3) is 0.316. The van der Waals surface area contributed by atoms with Gasteiger partial charge in [0.15, 0.2) is 0 Å². The molecule has 1 aromatic carbocycles. The Morgan fingerprint density at radius 2 is 1.96 bits per heavy atom. The van der Waals surface area contributed by atoms with E-state index in [0.29, 0.717) is 11.6 Å². The number of thiazole rings is 1. The molecule has 0 atom stereocenters. The molecule has 1 amide bonds. The van der Waals surface area contributed by atoms with Gasteiger partial charge in [-0.1, -0.05) is 38.1 Å². The van der Waals surface area contributed by atoms with Gasteiger partial charge in [-0.25, -0.2) is 9.97 Å². The third-order valence-electron chi connectivity index (χ3n) is 4.23. The van der Waals surface area contributed by atoms with Crippen LogP contribution in [0.15, 0.2) is 42.0 Å². The maximum atomic E-state index is 12.9. The molecule has 0 saturated heterocycles. The third kappa shape index (κ3) is 4.21. The third-order valence-corrected chi connectivity index (χ3v) is 5.12. The van der Waals surface area contributed by atoms with E-state index in [1.54, 1.807) is 12.4 Å². The minimum Gasteiger partial charge on any atom is -0.333 e. The first-order valence-corrected chi connectivity index (χ1v) is 9.36. The summed E-state index contributed by atoms with van der Waals surface area (Å²) in [4.78, 5) is 22.2. The summed E-state index contributed by atoms with van der Waals surface area (Å²) in [5, 5.41) is 2.43. The molecule has 0 N–H and O–H groups in total. The van der Waals surface area contributed by atoms with Crippen LogP contribution in [0.2, 0.25) is 0 Å². The maximum Gasteiger partial charge on any atom is 0.319 e. The highest BCUT2D eigenvalue weighted by Gasteiger charge is 2.19. The number of carbonyl (C=O) groups excluding carboxylic acids is 1. The highest BCUT2D eigenvalue weighted by molar-refractivity contribution is 7.13. The zero-order valence-electron chi connectivity index (χ0n) is 15.3. The Hall–Kier alpha value is -2.61. The molecule has 2 heterocycles. The summed E-state index contributed by atoms with van der Waals surface area (Å²) >= 11 is 1.38. The molecule has 0 aliphatic carbocycles. The molecule has 0 aliphatic heterocycles. The Balaban J connectivity index is 1.73. The second-order valence-electron chi connectivity index (χ2n) is 6.50. The van der Waals surface area contributed by atoms with E-state index in [4.69, 9.17) is 0 Å². The van der Waals surface area contributed by atoms with Gasteiger partial charge >= 0.3 is 6.55 Å². The van der Waals surface area contributed by atoms with Gasteiger partial charge in [0, 0.05) is 30.4 Å². The fourth-order valence-corrected chi connectivity index (χ4v) is 3.44. The Labute approximate surface area is 160 Å². The lowest BCUT2D eigenvalue weighted by Crippen LogP contribution is -2.28. The Kier molecular flexibility index (Phi) is 5.65. The average Bonchev–Trinajstić information content (AvgIpc) is 3.30. The normalized spacial score (nSPS) is 11.4. The molecule has 8 heteroatoms. The average molecular weight is 390 g/mol. The Bertz CT molecular complexity index is 918. The van der Waals surface area contributed by atoms with E-state index in [2.05, 4.69) is 35.9 Å². The van der Waals surface area contributed by atoms with Gasteiger partial charge in [0.1, 0.15) is 16.5 Å². The van der Waals surface area contributed by atoms with Crippen molar-refractivity contribution in [1.29, 1.82) is 0 Å². The van der Waals surface area contributed by atoms with Gasteiger partial charge in [-0.05, 0) is 11.5 Å². The molecular weight excluding hydrogens is 370 g/mol. The summed E-state index contributed by atoms with van der Waals surface area (Å²) in [6, 6.07) is 8.09. The molecule has 3 rings (SSSR count). The number of aromatic nitrogens is 3. The first-order valence-electron chi connectivity index (χ1n) is 8.48. The zero-order valence-corrected chi connectivity index (χ0v) is 16.1. The number of rotatable bonds is 6. The quantitative estimate of drug-likeness (QED) is 0.608. The number of imidazole rings is 1. The molecule has 0 aliphatic rings. The number of carbonyl (C=O) groups is 1. The second-order valence-corrected chi connectivity index (χ2v) is 7.36. The lowest BCUT2D eigenvalue weighted by Gasteiger charge is -2.16. The first kappa shape index (κ1) is 19.2. The number of hydrogen-bond donors (Lipinski definition) is 0. The number of nitrogens with zero attached hydrogens (tertiary/aromatic N) is 4. The van der Waals surface area contributed by atoms with Crippen molar-refractivity contribution in [3.8, 4) is 10.6 Å². The van der Waals surface area contributed by atoms with E-state index in [1.165, 1.54) is 34.2 Å². The second kappa shape index (κ2) is 7.96. The smallest absolute Gasteiger partial charge is 0.319 e. The van der Waals surface area contributed by atoms with Gasteiger partial charge in [-0.3, -0.25) is 9.36 Å². The highest BCUT2D eigenvalue weighted by atomic mass is 32.1. The summed E-state index contributed by atoms with van der Waals surface area (Å²) in [6.45, 7) is 1.55. The van der Waals surface area contributed by atoms with Crippen LogP contribution in [0, 0.1) is 0 Å². The lowest BCUT2D eigenvalue weighted by molar-refractivity contribution is 0.0611. The van der Waals surface area contributed by atoms with Crippen molar-refractivity contribution in [3.05, 3.63) is 59.1 Å². The number of hydrogen-bond acceptors (Lipinski definition) is 4. The number of alkyl halides is 2. The molecule has 3 aromatic rings. The fourth-order valence-electron chi connectivity index (χ4n) is 2.64. The van der Waals surface area contributed by atoms with E-state index in [9.17, 15) is 13.6 Å². The zero-order chi connectivity index (χ0) is 19.6. The van der Waals surface area contributed by atoms with Crippen LogP contribution in [-0.4, -0.2) is 32.4 Å². The van der Waals surface area contributed by atoms with E-state index < -0.39 is 6.55 Å². The minimum atomic E-state index is -2.69. The molecule has 0 unspecified atom stereocenters. The van der Waals surface area contributed by atoms with Gasteiger partial charge in [0.2, 0.25) is 0 Å². The van der Waals surface area contributed by atoms with Crippen LogP contribution in [0.3, 0.4) is 0 Å². The van der Waals surface area contributed by atoms with Crippen LogP contribution in [0.5, 0.6) is 0 Å². The minimum absolute atomic E-state index is 0.0217. The maximum absolute atomic E-state index is 12.9. The van der Waals surface area contributed by atoms with Crippen LogP contribution in [0.4, 0.5) is 8.78 Å². The van der Waals surface area contributed by atoms with Gasteiger partial charge in [0.25, 0.3) is 5.91 Å². The standard InChI is InChI=1S/C19H20F2N4OS/c1-12(2)13-4-6-14(7-5-13)17-23-15(11-27-17)18(26)24(3)10-16-22-8-9-25(16)19(20)21/h4-9,11-12,19H,10H2,1-3H3. The summed E-state index contributed by atoms with van der Waals surface area (Å²) in [5.41, 5.74) is 2.47. The van der Waals surface area contributed by atoms with Gasteiger partial charge in [-0.15, -0.1) is 11.3 Å². The van der Waals surface area contributed by atoms with Gasteiger partial charge in [-0.2, -0.15) is 8.78 Å². The van der Waals surface area contributed by atoms with Crippen LogP contribution >= 0.6 is 11.3 Å². The predicted octanol–water partition coefficient (Wildman–Crippen LogP) is 4.80. The highest BCUT2D eigenvalue weighted by Crippen LogP contribution is 2.26. The molecular formula is C19H20F2N4OS. The summed E-state index contributed by atoms with van der Waals surface area (Å²) < 4.78 is 26.6. The topological polar surface area (TPSA) is 51.0 Å². The lowest BCUT2D eigenvalue weighted by atomic mass is 10.0. The molecule has 27 heavy (non-hydrogen) atoms. The van der Waals surface area contributed by atoms with Crippen molar-refractivity contribution in [1.82, 2.24) is 19.4 Å². The molecule has 5 nitrogen and oxygen atoms in total. The molecule has 0 bridgehead atoms. The molecule has 0 fully saturated rings. The molecule has 0 radical (unpaired) electrons. The van der Waals surface area contributed by atoms with Crippen molar-refractivity contribution in [3.63, 3.8) is 0 Å². The van der Waals surface area contributed by atoms with Crippen molar-refractivity contribution >= 4 is 17.2 Å². The number of halogens is 2. The van der Waals surface area contributed by atoms with Crippen molar-refractivity contribution < 1.29 is 13.6 Å². The molecule has 2 aromatic heterocycles. The van der Waals surface area contributed by atoms with E-state index >= 15 is 0 Å². The van der Waals surface area contributed by atoms with Crippen LogP contribution in [-0.2, 0) is 6.54 Å². The van der Waals surface area contributed by atoms with Crippen LogP contribution in [0.25, 0.3) is 10.6 Å². The Morgan fingerprint density at radius 3 is 2.59 bits per heavy atom. The van der Waals surface area contributed by atoms with Crippen LogP contribution < -0.4 is 0 Å². The van der Waals surface area contributed by atoms with Crippen molar-refractivity contribution in [2.75, 3.05) is 7.05 Å². The predicted molar refractivity (Wildman–Crippen MR) is 101 cm³/mol. The molecule has 0 spiro atoms. The largest absolute Gasteiger partial charge is 0.333 e. The molecule has 0 saturated carbocycles. The summed E-state index contributed by atoms with van der Waals surface area (Å²) in [7, 11) is 1.54. The Morgan fingerprint density at radius 1 is 1.26 bits per heavy atom. The number of benzene rings is 1. The number of amides is 1. The van der Waals surface area contributed by atoms with Crippen LogP contribution in [0.1, 0.15) is 48.2 Å². The van der Waals surface area contributed by atoms with E-state index in [-0.39, 0.29) is 18.3 Å². The summed E-state index contributed by atoms with van der Waals surface area (Å²) in [6.07, 6.45) is 2.49. The summed E-state index contributed by atoms with van der Waals surface area (Å²) in [5.74, 6) is 0.239. The van der Waals surface area contributed by atoms with E-state index in [1.807, 2.05) is 12.1 Å². The first-order chi connectivity index (χ1) is 12.9. The molecule has 142 valence electrons. The van der Waals surface area contributed by atoms with Gasteiger partial charge < -0.3 is 4.90 Å². The SMILES string of the molecule is CC(C)c1ccc(-c2nc(C(=O)N(C)Cc3nccn3C(F)F)cs2)cc1. The monoisotopic (exact) mass is 390 g/mol.